The average Bonchev–Trinajstić information content (AvgIpc) is 3.13. The van der Waals surface area contributed by atoms with Gasteiger partial charge in [-0.1, -0.05) is 25.5 Å². The molecule has 2 N–H and O–H groups in total. The first-order valence-electron chi connectivity index (χ1n) is 10.0. The molecule has 0 aliphatic carbocycles. The van der Waals surface area contributed by atoms with E-state index < -0.39 is 10.0 Å². The van der Waals surface area contributed by atoms with Crippen molar-refractivity contribution >= 4 is 27.4 Å². The van der Waals surface area contributed by atoms with Crippen LogP contribution < -0.4 is 14.9 Å². The summed E-state index contributed by atoms with van der Waals surface area (Å²) < 4.78 is 27.5. The number of nitrogens with zero attached hydrogens (tertiary/aromatic N) is 2. The summed E-state index contributed by atoms with van der Waals surface area (Å²) in [7, 11) is -3.56. The molecule has 1 atom stereocenters. The molecule has 0 radical (unpaired) electrons. The van der Waals surface area contributed by atoms with Crippen LogP contribution in [0.25, 0.3) is 0 Å². The number of rotatable bonds is 9. The van der Waals surface area contributed by atoms with Crippen LogP contribution in [0.3, 0.4) is 0 Å². The van der Waals surface area contributed by atoms with Crippen molar-refractivity contribution in [2.45, 2.75) is 57.0 Å². The minimum absolute atomic E-state index is 0.113. The van der Waals surface area contributed by atoms with E-state index in [4.69, 9.17) is 0 Å². The molecule has 1 aromatic heterocycles. The Balaban J connectivity index is 1.61. The van der Waals surface area contributed by atoms with Crippen molar-refractivity contribution in [3.05, 3.63) is 48.2 Å². The molecule has 1 aliphatic rings. The maximum absolute atomic E-state index is 12.4. The van der Waals surface area contributed by atoms with Crippen LogP contribution in [0.1, 0.15) is 45.1 Å². The molecule has 8 heteroatoms. The summed E-state index contributed by atoms with van der Waals surface area (Å²) in [4.78, 5) is 18.1. The molecular weight excluding hydrogens is 388 g/mol. The van der Waals surface area contributed by atoms with Gasteiger partial charge in [-0.2, -0.15) is 0 Å². The largest absolute Gasteiger partial charge is 0.366 e. The first-order valence-corrected chi connectivity index (χ1v) is 11.5. The number of benzene rings is 1. The monoisotopic (exact) mass is 416 g/mol. The Morgan fingerprint density at radius 1 is 1.24 bits per heavy atom. The molecule has 0 bridgehead atoms. The van der Waals surface area contributed by atoms with Gasteiger partial charge in [0, 0.05) is 37.4 Å². The lowest BCUT2D eigenvalue weighted by Crippen LogP contribution is -2.32. The quantitative estimate of drug-likeness (QED) is 0.655. The van der Waals surface area contributed by atoms with Gasteiger partial charge in [0.25, 0.3) is 0 Å². The number of nitrogens with one attached hydrogen (secondary N) is 2. The van der Waals surface area contributed by atoms with Gasteiger partial charge in [-0.25, -0.2) is 18.1 Å². The Morgan fingerprint density at radius 2 is 2.07 bits per heavy atom. The van der Waals surface area contributed by atoms with Crippen molar-refractivity contribution in [2.75, 3.05) is 16.8 Å². The van der Waals surface area contributed by atoms with Gasteiger partial charge < -0.3 is 10.2 Å². The lowest BCUT2D eigenvalue weighted by atomic mass is 10.2. The van der Waals surface area contributed by atoms with Crippen LogP contribution in [0, 0.1) is 0 Å². The highest BCUT2D eigenvalue weighted by atomic mass is 32.2. The Kier molecular flexibility index (Phi) is 6.87. The van der Waals surface area contributed by atoms with E-state index in [1.165, 1.54) is 6.20 Å². The fourth-order valence-corrected chi connectivity index (χ4v) is 4.64. The van der Waals surface area contributed by atoms with Crippen molar-refractivity contribution in [3.8, 4) is 0 Å². The van der Waals surface area contributed by atoms with Gasteiger partial charge >= 0.3 is 0 Å². The van der Waals surface area contributed by atoms with E-state index in [1.807, 2.05) is 43.0 Å². The molecule has 1 aromatic carbocycles. The number of hydrogen-bond acceptors (Lipinski definition) is 5. The number of aromatic nitrogens is 1. The van der Waals surface area contributed by atoms with Crippen molar-refractivity contribution in [3.63, 3.8) is 0 Å². The van der Waals surface area contributed by atoms with Crippen molar-refractivity contribution < 1.29 is 13.2 Å². The molecule has 1 saturated heterocycles. The predicted molar refractivity (Wildman–Crippen MR) is 114 cm³/mol. The standard InChI is InChI=1S/C21H28N4O3S/c1-3-6-16(2)24-29(27,28)19-10-11-20(23-15-19)22-14-17-7-4-8-18(13-17)25-12-5-9-21(25)26/h4,7-8,10-11,13,15-16,24H,3,5-6,9,12,14H2,1-2H3,(H,22,23). The number of carbonyl (C=O) groups is 1. The fraction of sp³-hybridized carbons (Fsp3) is 0.429. The molecule has 29 heavy (non-hydrogen) atoms. The smallest absolute Gasteiger partial charge is 0.242 e. The third kappa shape index (κ3) is 5.55. The first kappa shape index (κ1) is 21.3. The van der Waals surface area contributed by atoms with Gasteiger partial charge in [-0.15, -0.1) is 0 Å². The Labute approximate surface area is 172 Å². The number of hydrogen-bond donors (Lipinski definition) is 2. The van der Waals surface area contributed by atoms with E-state index in [0.29, 0.717) is 18.8 Å². The third-order valence-electron chi connectivity index (χ3n) is 4.89. The Hall–Kier alpha value is -2.45. The van der Waals surface area contributed by atoms with Crippen molar-refractivity contribution in [1.29, 1.82) is 0 Å². The molecule has 3 rings (SSSR count). The number of amides is 1. The average molecular weight is 417 g/mol. The molecule has 2 heterocycles. The molecule has 0 spiro atoms. The minimum atomic E-state index is -3.56. The maximum atomic E-state index is 12.4. The second kappa shape index (κ2) is 9.37. The summed E-state index contributed by atoms with van der Waals surface area (Å²) in [6, 6.07) is 10.9. The van der Waals surface area contributed by atoms with Crippen LogP contribution in [-0.2, 0) is 21.4 Å². The topological polar surface area (TPSA) is 91.4 Å². The summed E-state index contributed by atoms with van der Waals surface area (Å²) in [6.45, 7) is 5.17. The Bertz CT molecular complexity index is 945. The molecule has 1 unspecified atom stereocenters. The van der Waals surface area contributed by atoms with E-state index >= 15 is 0 Å². The SMILES string of the molecule is CCCC(C)NS(=O)(=O)c1ccc(NCc2cccc(N3CCCC3=O)c2)nc1. The summed E-state index contributed by atoms with van der Waals surface area (Å²) in [5.41, 5.74) is 1.93. The van der Waals surface area contributed by atoms with E-state index in [2.05, 4.69) is 15.0 Å². The van der Waals surface area contributed by atoms with Gasteiger partial charge in [-0.3, -0.25) is 4.79 Å². The number of sulfonamides is 1. The zero-order valence-electron chi connectivity index (χ0n) is 16.9. The predicted octanol–water partition coefficient (Wildman–Crippen LogP) is 3.29. The highest BCUT2D eigenvalue weighted by molar-refractivity contribution is 7.89. The molecule has 156 valence electrons. The molecule has 0 saturated carbocycles. The molecule has 1 fully saturated rings. The third-order valence-corrected chi connectivity index (χ3v) is 6.47. The highest BCUT2D eigenvalue weighted by Gasteiger charge is 2.21. The first-order chi connectivity index (χ1) is 13.9. The second-order valence-corrected chi connectivity index (χ2v) is 9.08. The molecule has 1 aliphatic heterocycles. The lowest BCUT2D eigenvalue weighted by molar-refractivity contribution is -0.117. The van der Waals surface area contributed by atoms with Gasteiger partial charge in [0.15, 0.2) is 0 Å². The van der Waals surface area contributed by atoms with E-state index in [0.717, 1.165) is 37.1 Å². The zero-order valence-corrected chi connectivity index (χ0v) is 17.7. The zero-order chi connectivity index (χ0) is 20.9. The summed E-state index contributed by atoms with van der Waals surface area (Å²) in [5, 5.41) is 3.20. The molecule has 7 nitrogen and oxygen atoms in total. The lowest BCUT2D eigenvalue weighted by Gasteiger charge is -2.17. The number of carbonyl (C=O) groups excluding carboxylic acids is 1. The summed E-state index contributed by atoms with van der Waals surface area (Å²) >= 11 is 0. The second-order valence-electron chi connectivity index (χ2n) is 7.36. The van der Waals surface area contributed by atoms with Gasteiger partial charge in [0.05, 0.1) is 0 Å². The van der Waals surface area contributed by atoms with Crippen LogP contribution >= 0.6 is 0 Å². The van der Waals surface area contributed by atoms with Crippen molar-refractivity contribution in [1.82, 2.24) is 9.71 Å². The molecule has 2 aromatic rings. The number of pyridine rings is 1. The van der Waals surface area contributed by atoms with Gasteiger partial charge in [0.2, 0.25) is 15.9 Å². The number of anilines is 2. The van der Waals surface area contributed by atoms with Crippen LogP contribution in [0.4, 0.5) is 11.5 Å². The van der Waals surface area contributed by atoms with Crippen LogP contribution in [0.15, 0.2) is 47.5 Å². The van der Waals surface area contributed by atoms with Gasteiger partial charge in [0.1, 0.15) is 10.7 Å². The van der Waals surface area contributed by atoms with E-state index in [1.54, 1.807) is 12.1 Å². The summed E-state index contributed by atoms with van der Waals surface area (Å²) in [6.07, 6.45) is 4.56. The van der Waals surface area contributed by atoms with Crippen LogP contribution in [-0.4, -0.2) is 31.9 Å². The molecular formula is C21H28N4O3S. The van der Waals surface area contributed by atoms with E-state index in [-0.39, 0.29) is 16.8 Å². The molecule has 1 amide bonds. The Morgan fingerprint density at radius 3 is 2.72 bits per heavy atom. The highest BCUT2D eigenvalue weighted by Crippen LogP contribution is 2.22. The van der Waals surface area contributed by atoms with Crippen LogP contribution in [0.5, 0.6) is 0 Å². The van der Waals surface area contributed by atoms with Crippen LogP contribution in [0.2, 0.25) is 0 Å². The maximum Gasteiger partial charge on any atom is 0.242 e. The van der Waals surface area contributed by atoms with Gasteiger partial charge in [-0.05, 0) is 49.6 Å². The normalized spacial score (nSPS) is 15.5. The summed E-state index contributed by atoms with van der Waals surface area (Å²) in [5.74, 6) is 0.753. The minimum Gasteiger partial charge on any atom is -0.366 e. The fourth-order valence-electron chi connectivity index (χ4n) is 3.42. The van der Waals surface area contributed by atoms with Crippen molar-refractivity contribution in [2.24, 2.45) is 0 Å². The van der Waals surface area contributed by atoms with E-state index in [9.17, 15) is 13.2 Å².